The van der Waals surface area contributed by atoms with Crippen molar-refractivity contribution in [2.24, 2.45) is 39.4 Å². The Morgan fingerprint density at radius 2 is 1.86 bits per heavy atom. The van der Waals surface area contributed by atoms with Crippen LogP contribution in [0.1, 0.15) is 107 Å². The van der Waals surface area contributed by atoms with Crippen LogP contribution in [0.2, 0.25) is 0 Å². The first-order chi connectivity index (χ1) is 16.3. The number of hydrogen-bond donors (Lipinski definition) is 0. The number of carbonyl (C=O) groups excluding carboxylic acids is 2. The fourth-order valence-electron chi connectivity index (χ4n) is 8.85. The molecule has 35 heavy (non-hydrogen) atoms. The highest BCUT2D eigenvalue weighted by molar-refractivity contribution is 5.87. The van der Waals surface area contributed by atoms with E-state index in [-0.39, 0.29) is 27.6 Å². The summed E-state index contributed by atoms with van der Waals surface area (Å²) in [4.78, 5) is 24.8. The lowest BCUT2D eigenvalue weighted by Gasteiger charge is -2.59. The molecular weight excluding hydrogens is 432 g/mol. The lowest BCUT2D eigenvalue weighted by atomic mass is 9.44. The molecule has 3 heteroatoms. The van der Waals surface area contributed by atoms with Gasteiger partial charge in [-0.3, -0.25) is 4.79 Å². The zero-order chi connectivity index (χ0) is 25.8. The number of rotatable bonds is 6. The highest BCUT2D eigenvalue weighted by atomic mass is 16.5. The van der Waals surface area contributed by atoms with Crippen molar-refractivity contribution in [2.75, 3.05) is 6.61 Å². The molecule has 0 spiro atoms. The van der Waals surface area contributed by atoms with Crippen LogP contribution >= 0.6 is 0 Å². The lowest BCUT2D eigenvalue weighted by molar-refractivity contribution is -0.139. The molecule has 2 fully saturated rings. The molecule has 6 atom stereocenters. The molecule has 194 valence electrons. The molecule has 0 aromatic rings. The summed E-state index contributed by atoms with van der Waals surface area (Å²) in [5.74, 6) is 1.96. The van der Waals surface area contributed by atoms with Gasteiger partial charge in [-0.15, -0.1) is 0 Å². The van der Waals surface area contributed by atoms with Crippen molar-refractivity contribution < 1.29 is 14.3 Å². The number of ether oxygens (including phenoxy) is 1. The molecule has 3 nitrogen and oxygen atoms in total. The quantitative estimate of drug-likeness (QED) is 0.286. The van der Waals surface area contributed by atoms with E-state index in [1.165, 1.54) is 12.8 Å². The summed E-state index contributed by atoms with van der Waals surface area (Å²) >= 11 is 0. The summed E-state index contributed by atoms with van der Waals surface area (Å²) < 4.78 is 5.14. The van der Waals surface area contributed by atoms with Crippen molar-refractivity contribution in [1.29, 1.82) is 0 Å². The standard InChI is InChI=1S/C32H48O3/c1-9-35-28(34)22(3)12-10-11-21(2)23-15-19-32(8)25-13-14-26-29(4,5)27(33)17-18-30(26,6)24(25)16-20-31(23,32)7/h12-13,16,21,23,26H,9-11,14-15,17-20H2,1-8H3/b22-12+/t21-,23-,26+,30-,31-,32+/m1/s1. The number of hydrogen-bond acceptors (Lipinski definition) is 3. The molecule has 0 aromatic heterocycles. The number of ketones is 1. The molecule has 0 saturated heterocycles. The maximum atomic E-state index is 12.8. The summed E-state index contributed by atoms with van der Waals surface area (Å²) in [6.45, 7) is 18.5. The van der Waals surface area contributed by atoms with E-state index in [4.69, 9.17) is 4.74 Å². The van der Waals surface area contributed by atoms with Gasteiger partial charge in [0.2, 0.25) is 0 Å². The van der Waals surface area contributed by atoms with Crippen molar-refractivity contribution in [3.05, 3.63) is 34.9 Å². The van der Waals surface area contributed by atoms with Crippen LogP contribution in [0.3, 0.4) is 0 Å². The third-order valence-electron chi connectivity index (χ3n) is 11.4. The smallest absolute Gasteiger partial charge is 0.333 e. The zero-order valence-corrected chi connectivity index (χ0v) is 23.6. The monoisotopic (exact) mass is 480 g/mol. The van der Waals surface area contributed by atoms with Gasteiger partial charge in [0.25, 0.3) is 0 Å². The number of allylic oxidation sites excluding steroid dienone is 5. The number of carbonyl (C=O) groups is 2. The van der Waals surface area contributed by atoms with E-state index >= 15 is 0 Å². The van der Waals surface area contributed by atoms with Crippen molar-refractivity contribution in [3.63, 3.8) is 0 Å². The van der Waals surface area contributed by atoms with E-state index < -0.39 is 0 Å². The Morgan fingerprint density at radius 1 is 1.14 bits per heavy atom. The fourth-order valence-corrected chi connectivity index (χ4v) is 8.85. The molecular formula is C32H48O3. The fraction of sp³-hybridized carbons (Fsp3) is 0.750. The predicted molar refractivity (Wildman–Crippen MR) is 143 cm³/mol. The molecule has 2 saturated carbocycles. The summed E-state index contributed by atoms with van der Waals surface area (Å²) in [6, 6.07) is 0. The lowest BCUT2D eigenvalue weighted by Crippen LogP contribution is -2.53. The van der Waals surface area contributed by atoms with Crippen LogP contribution < -0.4 is 0 Å². The summed E-state index contributed by atoms with van der Waals surface area (Å²) in [6.07, 6.45) is 15.7. The van der Waals surface area contributed by atoms with Crippen molar-refractivity contribution in [2.45, 2.75) is 107 Å². The van der Waals surface area contributed by atoms with E-state index in [1.807, 2.05) is 13.8 Å². The molecule has 0 bridgehead atoms. The van der Waals surface area contributed by atoms with E-state index in [1.54, 1.807) is 11.1 Å². The van der Waals surface area contributed by atoms with E-state index in [9.17, 15) is 9.59 Å². The van der Waals surface area contributed by atoms with Gasteiger partial charge in [-0.05, 0) is 104 Å². The van der Waals surface area contributed by atoms with Crippen LogP contribution in [-0.2, 0) is 14.3 Å². The van der Waals surface area contributed by atoms with E-state index in [2.05, 4.69) is 59.8 Å². The van der Waals surface area contributed by atoms with Gasteiger partial charge in [0, 0.05) is 17.4 Å². The van der Waals surface area contributed by atoms with Crippen molar-refractivity contribution >= 4 is 11.8 Å². The van der Waals surface area contributed by atoms with Crippen LogP contribution in [0.5, 0.6) is 0 Å². The molecule has 0 unspecified atom stereocenters. The minimum Gasteiger partial charge on any atom is -0.463 e. The topological polar surface area (TPSA) is 43.4 Å². The van der Waals surface area contributed by atoms with Crippen molar-refractivity contribution in [3.8, 4) is 0 Å². The maximum absolute atomic E-state index is 12.8. The second-order valence-electron chi connectivity index (χ2n) is 13.3. The van der Waals surface area contributed by atoms with E-state index in [0.29, 0.717) is 30.1 Å². The van der Waals surface area contributed by atoms with E-state index in [0.717, 1.165) is 44.1 Å². The summed E-state index contributed by atoms with van der Waals surface area (Å²) in [7, 11) is 0. The highest BCUT2D eigenvalue weighted by Gasteiger charge is 2.63. The summed E-state index contributed by atoms with van der Waals surface area (Å²) in [5.41, 5.74) is 4.26. The van der Waals surface area contributed by atoms with Crippen molar-refractivity contribution in [1.82, 2.24) is 0 Å². The number of esters is 1. The molecule has 0 aromatic carbocycles. The minimum absolute atomic E-state index is 0.116. The Kier molecular flexibility index (Phi) is 6.82. The van der Waals surface area contributed by atoms with Crippen LogP contribution in [0.15, 0.2) is 34.9 Å². The number of Topliss-reactive ketones (excluding diaryl/α,β-unsaturated/α-hetero) is 1. The minimum atomic E-state index is -0.237. The van der Waals surface area contributed by atoms with Gasteiger partial charge < -0.3 is 4.74 Å². The maximum Gasteiger partial charge on any atom is 0.333 e. The van der Waals surface area contributed by atoms with Gasteiger partial charge in [0.1, 0.15) is 5.78 Å². The van der Waals surface area contributed by atoms with Gasteiger partial charge in [-0.25, -0.2) is 4.79 Å². The molecule has 0 heterocycles. The van der Waals surface area contributed by atoms with Gasteiger partial charge in [0.05, 0.1) is 6.61 Å². The average Bonchev–Trinajstić information content (AvgIpc) is 3.08. The average molecular weight is 481 g/mol. The Labute approximate surface area is 213 Å². The second kappa shape index (κ2) is 9.03. The second-order valence-corrected chi connectivity index (χ2v) is 13.3. The SMILES string of the molecule is CCOC(=O)/C(C)=C/CC[C@@H](C)[C@H]1CC[C@@]2(C)C3=CC[C@H]4C(C)(C)C(=O)CC[C@]4(C)C3=CC[C@]12C. The zero-order valence-electron chi connectivity index (χ0n) is 23.6. The Hall–Kier alpha value is -1.64. The Balaban J connectivity index is 1.56. The first kappa shape index (κ1) is 26.4. The molecule has 4 aliphatic carbocycles. The Bertz CT molecular complexity index is 981. The number of fused-ring (bicyclic) bond motifs is 5. The van der Waals surface area contributed by atoms with Gasteiger partial charge in [-0.2, -0.15) is 0 Å². The highest BCUT2D eigenvalue weighted by Crippen LogP contribution is 2.71. The van der Waals surface area contributed by atoms with Crippen LogP contribution in [0.25, 0.3) is 0 Å². The molecule has 4 aliphatic rings. The first-order valence-electron chi connectivity index (χ1n) is 14.1. The normalized spacial score (nSPS) is 39.1. The van der Waals surface area contributed by atoms with Gasteiger partial charge >= 0.3 is 5.97 Å². The third-order valence-corrected chi connectivity index (χ3v) is 11.4. The molecule has 0 amide bonds. The molecule has 0 aliphatic heterocycles. The molecule has 0 radical (unpaired) electrons. The first-order valence-corrected chi connectivity index (χ1v) is 14.1. The van der Waals surface area contributed by atoms with Crippen LogP contribution in [0.4, 0.5) is 0 Å². The summed E-state index contributed by atoms with van der Waals surface area (Å²) in [5, 5.41) is 0. The Morgan fingerprint density at radius 3 is 2.54 bits per heavy atom. The van der Waals surface area contributed by atoms with Crippen LogP contribution in [0, 0.1) is 39.4 Å². The van der Waals surface area contributed by atoms with Gasteiger partial charge in [0.15, 0.2) is 0 Å². The largest absolute Gasteiger partial charge is 0.463 e. The van der Waals surface area contributed by atoms with Crippen LogP contribution in [-0.4, -0.2) is 18.4 Å². The molecule has 4 rings (SSSR count). The van der Waals surface area contributed by atoms with Gasteiger partial charge in [-0.1, -0.05) is 59.8 Å². The predicted octanol–water partition coefficient (Wildman–Crippen LogP) is 8.01. The third kappa shape index (κ3) is 3.91. The molecule has 0 N–H and O–H groups in total.